The second-order valence-corrected chi connectivity index (χ2v) is 12.4. The van der Waals surface area contributed by atoms with Crippen LogP contribution in [0.1, 0.15) is 0 Å². The summed E-state index contributed by atoms with van der Waals surface area (Å²) in [4.78, 5) is 1.29. The van der Waals surface area contributed by atoms with Crippen LogP contribution in [0.15, 0.2) is 94.3 Å². The van der Waals surface area contributed by atoms with Crippen LogP contribution in [0.25, 0.3) is 0 Å². The van der Waals surface area contributed by atoms with Crippen LogP contribution in [0.5, 0.6) is 0 Å². The average molecular weight is 433 g/mol. The van der Waals surface area contributed by atoms with Crippen LogP contribution in [0.4, 0.5) is 0 Å². The third-order valence-electron chi connectivity index (χ3n) is 3.84. The number of halogens is 1. The zero-order valence-electron chi connectivity index (χ0n) is 13.1. The van der Waals surface area contributed by atoms with Crippen molar-refractivity contribution in [3.05, 3.63) is 89.4 Å². The van der Waals surface area contributed by atoms with Gasteiger partial charge in [0, 0.05) is 21.2 Å². The molecule has 0 amide bonds. The Bertz CT molecular complexity index is 774. The zero-order chi connectivity index (χ0) is 16.8. The summed E-state index contributed by atoms with van der Waals surface area (Å²) in [7, 11) is 0. The fourth-order valence-corrected chi connectivity index (χ4v) is 8.31. The lowest BCUT2D eigenvalue weighted by Crippen LogP contribution is -2.19. The topological polar surface area (TPSA) is 0 Å². The van der Waals surface area contributed by atoms with Crippen molar-refractivity contribution in [2.75, 3.05) is 11.9 Å². The van der Waals surface area contributed by atoms with E-state index in [2.05, 4.69) is 101 Å². The first-order valence-electron chi connectivity index (χ1n) is 7.77. The van der Waals surface area contributed by atoms with Crippen LogP contribution < -0.4 is 10.6 Å². The maximum Gasteiger partial charge on any atom is 0.0176 e. The van der Waals surface area contributed by atoms with Gasteiger partial charge in [-0.05, 0) is 41.0 Å². The van der Waals surface area contributed by atoms with Gasteiger partial charge in [0.2, 0.25) is 0 Å². The van der Waals surface area contributed by atoms with Gasteiger partial charge in [-0.3, -0.25) is 0 Å². The third kappa shape index (κ3) is 4.40. The van der Waals surface area contributed by atoms with Crippen molar-refractivity contribution < 1.29 is 0 Å². The van der Waals surface area contributed by atoms with E-state index < -0.39 is 6.04 Å². The highest BCUT2D eigenvalue weighted by atomic mass is 79.9. The third-order valence-corrected chi connectivity index (χ3v) is 10.6. The molecule has 24 heavy (non-hydrogen) atoms. The Balaban J connectivity index is 1.81. The van der Waals surface area contributed by atoms with Crippen LogP contribution >= 0.6 is 33.7 Å². The van der Waals surface area contributed by atoms with Crippen LogP contribution in [0, 0.1) is 0 Å². The van der Waals surface area contributed by atoms with E-state index in [0.29, 0.717) is 0 Å². The maximum atomic E-state index is 6.26. The molecule has 0 N–H and O–H groups in total. The first-order valence-corrected chi connectivity index (χ1v) is 12.5. The van der Waals surface area contributed by atoms with Crippen molar-refractivity contribution in [3.8, 4) is 0 Å². The molecule has 0 unspecified atom stereocenters. The van der Waals surface area contributed by atoms with Crippen LogP contribution in [-0.2, 0) is 11.8 Å². The van der Waals surface area contributed by atoms with Crippen molar-refractivity contribution >= 4 is 56.1 Å². The normalized spacial score (nSPS) is 11.4. The second-order valence-electron chi connectivity index (χ2n) is 5.44. The van der Waals surface area contributed by atoms with Gasteiger partial charge in [0.15, 0.2) is 0 Å². The monoisotopic (exact) mass is 432 g/mol. The van der Waals surface area contributed by atoms with Gasteiger partial charge >= 0.3 is 0 Å². The molecule has 0 bridgehead atoms. The minimum absolute atomic E-state index is 1.02. The lowest BCUT2D eigenvalue weighted by molar-refractivity contribution is 1.42. The van der Waals surface area contributed by atoms with E-state index in [4.69, 9.17) is 11.8 Å². The molecule has 0 atom stereocenters. The van der Waals surface area contributed by atoms with Crippen LogP contribution in [0.3, 0.4) is 0 Å². The average Bonchev–Trinajstić information content (AvgIpc) is 2.65. The number of hydrogen-bond donors (Lipinski definition) is 0. The summed E-state index contributed by atoms with van der Waals surface area (Å²) in [5, 5.41) is 2.62. The molecule has 0 aliphatic heterocycles. The van der Waals surface area contributed by atoms with Gasteiger partial charge in [-0.1, -0.05) is 88.4 Å². The summed E-state index contributed by atoms with van der Waals surface area (Å²) in [6.07, 6.45) is 1.02. The Morgan fingerprint density at radius 2 is 1.25 bits per heavy atom. The van der Waals surface area contributed by atoms with E-state index in [-0.39, 0.29) is 0 Å². The molecule has 4 heteroatoms. The molecule has 0 heterocycles. The highest BCUT2D eigenvalue weighted by Crippen LogP contribution is 2.44. The molecule has 0 saturated carbocycles. The van der Waals surface area contributed by atoms with E-state index in [1.54, 1.807) is 0 Å². The highest BCUT2D eigenvalue weighted by Gasteiger charge is 2.21. The van der Waals surface area contributed by atoms with Gasteiger partial charge in [0.05, 0.1) is 0 Å². The van der Waals surface area contributed by atoms with Gasteiger partial charge in [-0.2, -0.15) is 0 Å². The zero-order valence-corrected chi connectivity index (χ0v) is 17.3. The van der Waals surface area contributed by atoms with Crippen molar-refractivity contribution in [1.29, 1.82) is 0 Å². The SMILES string of the molecule is S=P(CCSc1ccc(Br)cc1)(c1ccccc1)c1ccccc1. The molecule has 0 aliphatic carbocycles. The summed E-state index contributed by atoms with van der Waals surface area (Å²) in [6.45, 7) is 0. The van der Waals surface area contributed by atoms with E-state index in [0.717, 1.165) is 16.4 Å². The first kappa shape index (κ1) is 17.9. The standard InChI is InChI=1S/C20H18BrPS2/c21-17-11-13-20(14-12-17)24-16-15-22(23,18-7-3-1-4-8-18)19-9-5-2-6-10-19/h1-14H,15-16H2. The first-order chi connectivity index (χ1) is 11.7. The molecule has 0 nitrogen and oxygen atoms in total. The summed E-state index contributed by atoms with van der Waals surface area (Å²) in [5.41, 5.74) is 0. The fraction of sp³-hybridized carbons (Fsp3) is 0.100. The molecule has 0 saturated heterocycles. The molecule has 0 aliphatic rings. The summed E-state index contributed by atoms with van der Waals surface area (Å²) < 4.78 is 1.12. The lowest BCUT2D eigenvalue weighted by atomic mass is 10.4. The smallest absolute Gasteiger partial charge is 0.0176 e. The molecular weight excluding hydrogens is 415 g/mol. The van der Waals surface area contributed by atoms with Gasteiger partial charge < -0.3 is 0 Å². The Kier molecular flexibility index (Phi) is 6.35. The Hall–Kier alpha value is -0.860. The summed E-state index contributed by atoms with van der Waals surface area (Å²) >= 11 is 11.6. The summed E-state index contributed by atoms with van der Waals surface area (Å²) in [6, 6.07) is 28.0. The quantitative estimate of drug-likeness (QED) is 0.363. The highest BCUT2D eigenvalue weighted by molar-refractivity contribution is 9.10. The second kappa shape index (κ2) is 8.49. The van der Waals surface area contributed by atoms with Crippen molar-refractivity contribution in [3.63, 3.8) is 0 Å². The summed E-state index contributed by atoms with van der Waals surface area (Å²) in [5.74, 6) is 1.03. The van der Waals surface area contributed by atoms with E-state index in [9.17, 15) is 0 Å². The maximum absolute atomic E-state index is 6.26. The number of benzene rings is 3. The largest absolute Gasteiger partial charge is 0.126 e. The van der Waals surface area contributed by atoms with Crippen molar-refractivity contribution in [2.24, 2.45) is 0 Å². The van der Waals surface area contributed by atoms with Crippen molar-refractivity contribution in [1.82, 2.24) is 0 Å². The molecule has 3 rings (SSSR count). The van der Waals surface area contributed by atoms with Gasteiger partial charge in [0.25, 0.3) is 0 Å². The molecule has 3 aromatic carbocycles. The minimum Gasteiger partial charge on any atom is -0.126 e. The molecule has 0 fully saturated rings. The predicted molar refractivity (Wildman–Crippen MR) is 116 cm³/mol. The molecular formula is C20H18BrPS2. The minimum atomic E-state index is -1.77. The lowest BCUT2D eigenvalue weighted by Gasteiger charge is -2.23. The van der Waals surface area contributed by atoms with Gasteiger partial charge in [0.1, 0.15) is 0 Å². The Labute approximate surface area is 161 Å². The predicted octanol–water partition coefficient (Wildman–Crippen LogP) is 5.67. The number of hydrogen-bond acceptors (Lipinski definition) is 2. The van der Waals surface area contributed by atoms with E-state index >= 15 is 0 Å². The van der Waals surface area contributed by atoms with Gasteiger partial charge in [-0.15, -0.1) is 11.8 Å². The van der Waals surface area contributed by atoms with E-state index in [1.807, 2.05) is 11.8 Å². The van der Waals surface area contributed by atoms with Crippen LogP contribution in [0.2, 0.25) is 0 Å². The Morgan fingerprint density at radius 3 is 1.75 bits per heavy atom. The molecule has 0 spiro atoms. The fourth-order valence-electron chi connectivity index (χ4n) is 2.57. The van der Waals surface area contributed by atoms with Gasteiger partial charge in [-0.25, -0.2) is 0 Å². The number of thioether (sulfide) groups is 1. The molecule has 0 radical (unpaired) electrons. The Morgan fingerprint density at radius 1 is 0.750 bits per heavy atom. The van der Waals surface area contributed by atoms with Crippen molar-refractivity contribution in [2.45, 2.75) is 4.90 Å². The molecule has 0 aromatic heterocycles. The molecule has 122 valence electrons. The van der Waals surface area contributed by atoms with Crippen LogP contribution in [-0.4, -0.2) is 11.9 Å². The van der Waals surface area contributed by atoms with E-state index in [1.165, 1.54) is 15.5 Å². The molecule has 3 aromatic rings. The number of rotatable bonds is 6.